The van der Waals surface area contributed by atoms with Gasteiger partial charge in [-0.2, -0.15) is 0 Å². The van der Waals surface area contributed by atoms with Crippen molar-refractivity contribution in [1.29, 1.82) is 0 Å². The van der Waals surface area contributed by atoms with Crippen LogP contribution in [0, 0.1) is 11.8 Å². The molecule has 138 valence electrons. The van der Waals surface area contributed by atoms with E-state index in [1.807, 2.05) is 36.4 Å². The van der Waals surface area contributed by atoms with Crippen LogP contribution >= 0.6 is 0 Å². The zero-order chi connectivity index (χ0) is 19.1. The van der Waals surface area contributed by atoms with Crippen LogP contribution in [0.3, 0.4) is 0 Å². The molecule has 4 aliphatic rings. The highest BCUT2D eigenvalue weighted by atomic mass is 16.5. The van der Waals surface area contributed by atoms with Crippen LogP contribution in [0.5, 0.6) is 0 Å². The predicted octanol–water partition coefficient (Wildman–Crippen LogP) is 4.55. The SMILES string of the molecule is O=C(OCc1ccccc1)C(=O)C1=CC2C=CC3=C4C(=CC=C(C1)C42)CC=C3. The van der Waals surface area contributed by atoms with Gasteiger partial charge >= 0.3 is 5.97 Å². The van der Waals surface area contributed by atoms with Crippen molar-refractivity contribution in [2.24, 2.45) is 11.8 Å². The molecule has 0 saturated carbocycles. The van der Waals surface area contributed by atoms with E-state index in [1.54, 1.807) is 0 Å². The molecular weight excluding hydrogens is 348 g/mol. The molecule has 0 fully saturated rings. The highest BCUT2D eigenvalue weighted by Gasteiger charge is 2.38. The summed E-state index contributed by atoms with van der Waals surface area (Å²) in [5.74, 6) is -0.889. The summed E-state index contributed by atoms with van der Waals surface area (Å²) < 4.78 is 5.25. The Morgan fingerprint density at radius 2 is 1.93 bits per heavy atom. The first kappa shape index (κ1) is 16.9. The minimum atomic E-state index is -0.776. The molecule has 1 aromatic rings. The number of carbonyl (C=O) groups is 2. The van der Waals surface area contributed by atoms with Gasteiger partial charge in [-0.3, -0.25) is 4.79 Å². The van der Waals surface area contributed by atoms with Crippen LogP contribution in [0.25, 0.3) is 0 Å². The van der Waals surface area contributed by atoms with Crippen molar-refractivity contribution in [1.82, 2.24) is 0 Å². The number of ether oxygens (including phenoxy) is 1. The van der Waals surface area contributed by atoms with Gasteiger partial charge in [-0.15, -0.1) is 0 Å². The minimum Gasteiger partial charge on any atom is -0.455 e. The van der Waals surface area contributed by atoms with E-state index >= 15 is 0 Å². The maximum absolute atomic E-state index is 12.7. The fraction of sp³-hybridized carbons (Fsp3) is 0.200. The van der Waals surface area contributed by atoms with Crippen molar-refractivity contribution in [2.75, 3.05) is 0 Å². The quantitative estimate of drug-likeness (QED) is 0.578. The lowest BCUT2D eigenvalue weighted by atomic mass is 9.64. The summed E-state index contributed by atoms with van der Waals surface area (Å²) in [4.78, 5) is 25.0. The highest BCUT2D eigenvalue weighted by molar-refractivity contribution is 6.40. The molecular formula is C25H20O3. The lowest BCUT2D eigenvalue weighted by Gasteiger charge is -2.39. The number of allylic oxidation sites excluding steroid dienone is 11. The van der Waals surface area contributed by atoms with Crippen molar-refractivity contribution in [2.45, 2.75) is 19.4 Å². The van der Waals surface area contributed by atoms with Gasteiger partial charge in [-0.25, -0.2) is 4.79 Å². The Bertz CT molecular complexity index is 1040. The summed E-state index contributed by atoms with van der Waals surface area (Å²) in [6, 6.07) is 9.40. The zero-order valence-corrected chi connectivity index (χ0v) is 15.4. The molecule has 0 amide bonds. The molecule has 28 heavy (non-hydrogen) atoms. The molecule has 3 nitrogen and oxygen atoms in total. The van der Waals surface area contributed by atoms with Gasteiger partial charge in [-0.1, -0.05) is 78.4 Å². The minimum absolute atomic E-state index is 0.113. The first-order valence-corrected chi connectivity index (χ1v) is 9.65. The summed E-state index contributed by atoms with van der Waals surface area (Å²) in [7, 11) is 0. The smallest absolute Gasteiger partial charge is 0.379 e. The average molecular weight is 368 g/mol. The van der Waals surface area contributed by atoms with E-state index in [1.165, 1.54) is 22.3 Å². The molecule has 0 N–H and O–H groups in total. The molecule has 0 radical (unpaired) electrons. The van der Waals surface area contributed by atoms with Gasteiger partial charge in [0, 0.05) is 17.4 Å². The molecule has 0 aliphatic heterocycles. The van der Waals surface area contributed by atoms with Gasteiger partial charge < -0.3 is 4.74 Å². The van der Waals surface area contributed by atoms with E-state index in [0.29, 0.717) is 17.9 Å². The highest BCUT2D eigenvalue weighted by Crippen LogP contribution is 2.49. The second-order valence-electron chi connectivity index (χ2n) is 7.58. The second kappa shape index (κ2) is 6.75. The van der Waals surface area contributed by atoms with Gasteiger partial charge in [0.25, 0.3) is 5.78 Å². The van der Waals surface area contributed by atoms with Crippen LogP contribution in [0.1, 0.15) is 18.4 Å². The monoisotopic (exact) mass is 368 g/mol. The summed E-state index contributed by atoms with van der Waals surface area (Å²) in [5.41, 5.74) is 6.65. The van der Waals surface area contributed by atoms with Crippen molar-refractivity contribution in [3.8, 4) is 0 Å². The Kier molecular flexibility index (Phi) is 4.09. The summed E-state index contributed by atoms with van der Waals surface area (Å²) in [6.07, 6.45) is 16.4. The molecule has 4 aliphatic carbocycles. The normalized spacial score (nSPS) is 24.1. The van der Waals surface area contributed by atoms with Crippen LogP contribution < -0.4 is 0 Å². The zero-order valence-electron chi connectivity index (χ0n) is 15.4. The predicted molar refractivity (Wildman–Crippen MR) is 107 cm³/mol. The van der Waals surface area contributed by atoms with Crippen LogP contribution in [0.15, 0.2) is 101 Å². The van der Waals surface area contributed by atoms with Crippen LogP contribution in [-0.2, 0) is 20.9 Å². The Labute approximate surface area is 164 Å². The Morgan fingerprint density at radius 3 is 2.79 bits per heavy atom. The number of carbonyl (C=O) groups excluding carboxylic acids is 2. The number of rotatable bonds is 4. The van der Waals surface area contributed by atoms with Gasteiger partial charge in [0.05, 0.1) is 0 Å². The van der Waals surface area contributed by atoms with Gasteiger partial charge in [0.2, 0.25) is 0 Å². The maximum atomic E-state index is 12.7. The molecule has 5 rings (SSSR count). The average Bonchev–Trinajstić information content (AvgIpc) is 2.75. The number of hydrogen-bond acceptors (Lipinski definition) is 3. The maximum Gasteiger partial charge on any atom is 0.379 e. The first-order valence-electron chi connectivity index (χ1n) is 9.65. The fourth-order valence-corrected chi connectivity index (χ4v) is 4.55. The molecule has 0 saturated heterocycles. The summed E-state index contributed by atoms with van der Waals surface area (Å²) in [6.45, 7) is 0.113. The fourth-order valence-electron chi connectivity index (χ4n) is 4.55. The molecule has 3 heteroatoms. The largest absolute Gasteiger partial charge is 0.455 e. The van der Waals surface area contributed by atoms with Crippen LogP contribution in [0.2, 0.25) is 0 Å². The Hall–Kier alpha value is -3.20. The van der Waals surface area contributed by atoms with E-state index in [0.717, 1.165) is 12.0 Å². The Morgan fingerprint density at radius 1 is 1.07 bits per heavy atom. The lowest BCUT2D eigenvalue weighted by molar-refractivity contribution is -0.153. The third kappa shape index (κ3) is 2.84. The van der Waals surface area contributed by atoms with Crippen molar-refractivity contribution < 1.29 is 14.3 Å². The van der Waals surface area contributed by atoms with Crippen molar-refractivity contribution >= 4 is 11.8 Å². The van der Waals surface area contributed by atoms with E-state index in [-0.39, 0.29) is 12.5 Å². The van der Waals surface area contributed by atoms with E-state index in [9.17, 15) is 9.59 Å². The number of benzene rings is 1. The van der Waals surface area contributed by atoms with Crippen molar-refractivity contribution in [3.63, 3.8) is 0 Å². The standard InChI is InChI=1S/C25H20O3/c26-24(25(27)28-15-16-5-2-1-3-6-16)21-13-19-11-9-17-7-4-8-18-10-12-20(14-21)23(19)22(17)18/h1-7,9-13,19,23H,8,14-15H2. The molecule has 0 aromatic heterocycles. The number of esters is 1. The third-order valence-electron chi connectivity index (χ3n) is 5.86. The summed E-state index contributed by atoms with van der Waals surface area (Å²) in [5, 5.41) is 0. The summed E-state index contributed by atoms with van der Waals surface area (Å²) >= 11 is 0. The van der Waals surface area contributed by atoms with Crippen LogP contribution in [-0.4, -0.2) is 11.8 Å². The third-order valence-corrected chi connectivity index (χ3v) is 5.86. The van der Waals surface area contributed by atoms with E-state index in [2.05, 4.69) is 36.5 Å². The first-order chi connectivity index (χ1) is 13.7. The number of ketones is 1. The van der Waals surface area contributed by atoms with Gasteiger partial charge in [0.1, 0.15) is 6.61 Å². The molecule has 0 bridgehead atoms. The Balaban J connectivity index is 1.37. The molecule has 2 atom stereocenters. The van der Waals surface area contributed by atoms with Crippen LogP contribution in [0.4, 0.5) is 0 Å². The number of Topliss-reactive ketones (excluding diaryl/α,β-unsaturated/α-hetero) is 1. The number of hydrogen-bond donors (Lipinski definition) is 0. The molecule has 1 aromatic carbocycles. The molecule has 0 heterocycles. The van der Waals surface area contributed by atoms with E-state index < -0.39 is 11.8 Å². The van der Waals surface area contributed by atoms with Crippen molar-refractivity contribution in [3.05, 3.63) is 106 Å². The topological polar surface area (TPSA) is 43.4 Å². The molecule has 0 spiro atoms. The second-order valence-corrected chi connectivity index (χ2v) is 7.58. The molecule has 2 unspecified atom stereocenters. The van der Waals surface area contributed by atoms with E-state index in [4.69, 9.17) is 4.74 Å². The van der Waals surface area contributed by atoms with Gasteiger partial charge in [0.15, 0.2) is 0 Å². The van der Waals surface area contributed by atoms with Gasteiger partial charge in [-0.05, 0) is 35.1 Å². The lowest BCUT2D eigenvalue weighted by Crippen LogP contribution is -2.30.